The first-order valence-corrected chi connectivity index (χ1v) is 11.5. The van der Waals surface area contributed by atoms with Crippen LogP contribution in [-0.4, -0.2) is 63.4 Å². The predicted octanol–water partition coefficient (Wildman–Crippen LogP) is -1.75. The summed E-state index contributed by atoms with van der Waals surface area (Å²) in [4.78, 5) is 11.9. The van der Waals surface area contributed by atoms with Gasteiger partial charge in [0, 0.05) is 26.2 Å². The summed E-state index contributed by atoms with van der Waals surface area (Å²) in [5, 5.41) is 12.4. The zero-order valence-corrected chi connectivity index (χ0v) is 16.1. The number of nitrogens with zero attached hydrogens (tertiary/aromatic N) is 1. The number of benzene rings is 1. The first-order chi connectivity index (χ1) is 12.7. The van der Waals surface area contributed by atoms with Crippen LogP contribution in [0, 0.1) is 0 Å². The second-order valence-electron chi connectivity index (χ2n) is 6.43. The highest BCUT2D eigenvalue weighted by atomic mass is 32.2. The molecule has 2 saturated heterocycles. The summed E-state index contributed by atoms with van der Waals surface area (Å²) in [5.41, 5.74) is 0.558. The number of rotatable bonds is 6. The maximum Gasteiger partial charge on any atom is 0.244 e. The molecule has 0 aliphatic carbocycles. The van der Waals surface area contributed by atoms with E-state index < -0.39 is 37.6 Å². The fourth-order valence-corrected chi connectivity index (χ4v) is 5.73. The van der Waals surface area contributed by atoms with E-state index in [1.807, 2.05) is 0 Å². The number of hydrogen-bond acceptors (Lipinski definition) is 7. The molecular formula is C15H22N4O6S2. The molecule has 150 valence electrons. The summed E-state index contributed by atoms with van der Waals surface area (Å²) in [7, 11) is -7.49. The molecule has 0 saturated carbocycles. The minimum Gasteiger partial charge on any atom is -0.361 e. The van der Waals surface area contributed by atoms with E-state index >= 15 is 0 Å². The second kappa shape index (κ2) is 7.81. The summed E-state index contributed by atoms with van der Waals surface area (Å²) < 4.78 is 53.3. The van der Waals surface area contributed by atoms with Crippen LogP contribution in [-0.2, 0) is 31.4 Å². The van der Waals surface area contributed by atoms with Gasteiger partial charge in [0.25, 0.3) is 0 Å². The second-order valence-corrected chi connectivity index (χ2v) is 10.3. The van der Waals surface area contributed by atoms with E-state index in [0.29, 0.717) is 18.7 Å². The maximum atomic E-state index is 12.5. The van der Waals surface area contributed by atoms with E-state index in [1.165, 1.54) is 28.6 Å². The van der Waals surface area contributed by atoms with Gasteiger partial charge >= 0.3 is 0 Å². The molecule has 2 heterocycles. The zero-order chi connectivity index (χ0) is 19.7. The number of carbonyl (C=O) groups is 1. The lowest BCUT2D eigenvalue weighted by Gasteiger charge is -2.26. The molecule has 0 bridgehead atoms. The fraction of sp³-hybridized carbons (Fsp3) is 0.533. The average molecular weight is 418 g/mol. The van der Waals surface area contributed by atoms with Crippen molar-refractivity contribution in [2.45, 2.75) is 35.9 Å². The van der Waals surface area contributed by atoms with Gasteiger partial charge in [0.15, 0.2) is 11.6 Å². The maximum absolute atomic E-state index is 12.5. The van der Waals surface area contributed by atoms with Gasteiger partial charge in [-0.3, -0.25) is 10.1 Å². The highest BCUT2D eigenvalue weighted by Crippen LogP contribution is 2.21. The van der Waals surface area contributed by atoms with E-state index in [9.17, 15) is 26.7 Å². The summed E-state index contributed by atoms with van der Waals surface area (Å²) in [6, 6.07) is 5.97. The van der Waals surface area contributed by atoms with Crippen molar-refractivity contribution in [3.05, 3.63) is 29.8 Å². The van der Waals surface area contributed by atoms with Crippen molar-refractivity contribution in [2.75, 3.05) is 19.6 Å². The summed E-state index contributed by atoms with van der Waals surface area (Å²) in [6.45, 7) is 0.722. The van der Waals surface area contributed by atoms with Crippen molar-refractivity contribution in [1.82, 2.24) is 19.7 Å². The number of hydrogen-bond donors (Lipinski definition) is 4. The third-order valence-electron chi connectivity index (χ3n) is 4.55. The van der Waals surface area contributed by atoms with Crippen LogP contribution in [0.3, 0.4) is 0 Å². The molecule has 2 unspecified atom stereocenters. The summed E-state index contributed by atoms with van der Waals surface area (Å²) in [5.74, 6) is -0.791. The van der Waals surface area contributed by atoms with E-state index in [4.69, 9.17) is 0 Å². The molecule has 3 rings (SSSR count). The SMILES string of the molecule is O=C1NC(O)NCC1S(=O)(=O)NCc1ccc(S(=O)(=O)N2CCCC2)cc1. The van der Waals surface area contributed by atoms with E-state index in [1.54, 1.807) is 0 Å². The lowest BCUT2D eigenvalue weighted by Crippen LogP contribution is -2.62. The van der Waals surface area contributed by atoms with Crippen LogP contribution in [0.1, 0.15) is 18.4 Å². The molecule has 0 aromatic heterocycles. The number of aliphatic hydroxyl groups is 1. The van der Waals surface area contributed by atoms with Gasteiger partial charge in [-0.05, 0) is 30.5 Å². The molecule has 0 spiro atoms. The van der Waals surface area contributed by atoms with Gasteiger partial charge < -0.3 is 10.4 Å². The number of sulfonamides is 2. The molecule has 2 fully saturated rings. The molecular weight excluding hydrogens is 396 g/mol. The normalized spacial score (nSPS) is 24.7. The predicted molar refractivity (Wildman–Crippen MR) is 96.1 cm³/mol. The van der Waals surface area contributed by atoms with E-state index in [2.05, 4.69) is 15.4 Å². The Morgan fingerprint density at radius 3 is 2.33 bits per heavy atom. The van der Waals surface area contributed by atoms with Crippen molar-refractivity contribution in [2.24, 2.45) is 0 Å². The highest BCUT2D eigenvalue weighted by Gasteiger charge is 2.36. The van der Waals surface area contributed by atoms with Crippen molar-refractivity contribution in [3.63, 3.8) is 0 Å². The van der Waals surface area contributed by atoms with Crippen molar-refractivity contribution >= 4 is 26.0 Å². The summed E-state index contributed by atoms with van der Waals surface area (Å²) >= 11 is 0. The van der Waals surface area contributed by atoms with Gasteiger partial charge in [-0.25, -0.2) is 21.6 Å². The van der Waals surface area contributed by atoms with Gasteiger partial charge in [-0.15, -0.1) is 0 Å². The standard InChI is InChI=1S/C15H22N4O6S2/c20-14-13(10-16-15(21)18-14)26(22,23)17-9-11-3-5-12(6-4-11)27(24,25)19-7-1-2-8-19/h3-6,13,15-17,21H,1-2,7-10H2,(H,18,20). The smallest absolute Gasteiger partial charge is 0.244 e. The Hall–Kier alpha value is -1.57. The third-order valence-corrected chi connectivity index (χ3v) is 8.14. The number of aliphatic hydroxyl groups excluding tert-OH is 1. The lowest BCUT2D eigenvalue weighted by molar-refractivity contribution is -0.126. The summed E-state index contributed by atoms with van der Waals surface area (Å²) in [6.07, 6.45) is 0.424. The Labute approximate surface area is 158 Å². The Bertz CT molecular complexity index is 895. The Balaban J connectivity index is 1.64. The molecule has 1 aromatic rings. The van der Waals surface area contributed by atoms with Crippen LogP contribution >= 0.6 is 0 Å². The molecule has 2 aliphatic rings. The fourth-order valence-electron chi connectivity index (χ4n) is 2.98. The molecule has 12 heteroatoms. The van der Waals surface area contributed by atoms with Gasteiger partial charge in [0.05, 0.1) is 4.90 Å². The monoisotopic (exact) mass is 418 g/mol. The van der Waals surface area contributed by atoms with E-state index in [-0.39, 0.29) is 18.0 Å². The van der Waals surface area contributed by atoms with Crippen LogP contribution in [0.5, 0.6) is 0 Å². The van der Waals surface area contributed by atoms with Crippen molar-refractivity contribution in [3.8, 4) is 0 Å². The number of nitrogens with one attached hydrogen (secondary N) is 3. The molecule has 2 atom stereocenters. The van der Waals surface area contributed by atoms with Crippen molar-refractivity contribution in [1.29, 1.82) is 0 Å². The first kappa shape index (κ1) is 20.2. The largest absolute Gasteiger partial charge is 0.361 e. The van der Waals surface area contributed by atoms with Crippen LogP contribution in [0.4, 0.5) is 0 Å². The van der Waals surface area contributed by atoms with Crippen LogP contribution in [0.15, 0.2) is 29.2 Å². The van der Waals surface area contributed by atoms with Crippen molar-refractivity contribution < 1.29 is 26.7 Å². The average Bonchev–Trinajstić information content (AvgIpc) is 3.15. The minimum absolute atomic E-state index is 0.0846. The third kappa shape index (κ3) is 4.47. The lowest BCUT2D eigenvalue weighted by atomic mass is 10.2. The molecule has 10 nitrogen and oxygen atoms in total. The Morgan fingerprint density at radius 1 is 1.11 bits per heavy atom. The Kier molecular flexibility index (Phi) is 5.84. The molecule has 1 aromatic carbocycles. The van der Waals surface area contributed by atoms with Crippen LogP contribution < -0.4 is 15.4 Å². The van der Waals surface area contributed by atoms with Crippen LogP contribution in [0.2, 0.25) is 0 Å². The van der Waals surface area contributed by atoms with Gasteiger partial charge in [0.2, 0.25) is 26.0 Å². The molecule has 27 heavy (non-hydrogen) atoms. The Morgan fingerprint density at radius 2 is 1.74 bits per heavy atom. The number of carbonyl (C=O) groups excluding carboxylic acids is 1. The minimum atomic E-state index is -3.97. The molecule has 2 aliphatic heterocycles. The molecule has 4 N–H and O–H groups in total. The van der Waals surface area contributed by atoms with Gasteiger partial charge in [-0.2, -0.15) is 4.31 Å². The molecule has 0 radical (unpaired) electrons. The zero-order valence-electron chi connectivity index (χ0n) is 14.5. The topological polar surface area (TPSA) is 145 Å². The van der Waals surface area contributed by atoms with Gasteiger partial charge in [0.1, 0.15) is 0 Å². The number of amides is 1. The van der Waals surface area contributed by atoms with Gasteiger partial charge in [-0.1, -0.05) is 12.1 Å². The highest BCUT2D eigenvalue weighted by molar-refractivity contribution is 7.90. The quantitative estimate of drug-likeness (QED) is 0.429. The van der Waals surface area contributed by atoms with Crippen LogP contribution in [0.25, 0.3) is 0 Å². The first-order valence-electron chi connectivity index (χ1n) is 8.49. The van der Waals surface area contributed by atoms with E-state index in [0.717, 1.165) is 12.8 Å². The molecule has 1 amide bonds.